The van der Waals surface area contributed by atoms with E-state index >= 15 is 0 Å². The van der Waals surface area contributed by atoms with Gasteiger partial charge in [0.25, 0.3) is 5.56 Å². The van der Waals surface area contributed by atoms with E-state index in [-0.39, 0.29) is 12.2 Å². The molecule has 27 heavy (non-hydrogen) atoms. The minimum atomic E-state index is -0.453. The highest BCUT2D eigenvalue weighted by Gasteiger charge is 2.17. The molecule has 1 aliphatic rings. The molecule has 0 aliphatic carbocycles. The Hall–Kier alpha value is -3.15. The molecule has 1 aliphatic heterocycles. The first-order valence-electron chi connectivity index (χ1n) is 9.08. The average Bonchev–Trinajstić information content (AvgIpc) is 3.16. The minimum Gasteiger partial charge on any atom is -0.493 e. The van der Waals surface area contributed by atoms with Crippen LogP contribution < -0.4 is 10.3 Å². The molecule has 0 spiro atoms. The Morgan fingerprint density at radius 2 is 2.07 bits per heavy atom. The number of rotatable bonds is 5. The number of carbonyl (C=O) groups excluding carboxylic acids is 1. The van der Waals surface area contributed by atoms with E-state index in [1.54, 1.807) is 22.8 Å². The molecule has 138 valence electrons. The molecule has 1 aromatic heterocycles. The van der Waals surface area contributed by atoms with Gasteiger partial charge in [-0.3, -0.25) is 9.36 Å². The van der Waals surface area contributed by atoms with E-state index < -0.39 is 5.97 Å². The average molecular weight is 364 g/mol. The highest BCUT2D eigenvalue weighted by atomic mass is 16.5. The second-order valence-electron chi connectivity index (χ2n) is 6.44. The number of ether oxygens (including phenoxy) is 2. The number of aromatic nitrogens is 2. The third kappa shape index (κ3) is 3.30. The molecule has 0 atom stereocenters. The summed E-state index contributed by atoms with van der Waals surface area (Å²) < 4.78 is 12.7. The first-order valence-corrected chi connectivity index (χ1v) is 9.08. The third-order valence-electron chi connectivity index (χ3n) is 4.68. The summed E-state index contributed by atoms with van der Waals surface area (Å²) in [5, 5.41) is 0.527. The number of carbonyl (C=O) groups is 1. The van der Waals surface area contributed by atoms with Crippen LogP contribution >= 0.6 is 0 Å². The van der Waals surface area contributed by atoms with Crippen molar-refractivity contribution in [3.05, 3.63) is 69.8 Å². The molecule has 0 radical (unpaired) electrons. The zero-order valence-corrected chi connectivity index (χ0v) is 15.1. The lowest BCUT2D eigenvalue weighted by Gasteiger charge is -2.11. The summed E-state index contributed by atoms with van der Waals surface area (Å²) in [5.41, 5.74) is 1.68. The van der Waals surface area contributed by atoms with E-state index in [0.717, 1.165) is 24.2 Å². The van der Waals surface area contributed by atoms with Crippen LogP contribution in [0.15, 0.2) is 47.3 Å². The fourth-order valence-corrected chi connectivity index (χ4v) is 3.36. The summed E-state index contributed by atoms with van der Waals surface area (Å²) in [6.45, 7) is 3.28. The molecule has 0 bridgehead atoms. The molecule has 6 heteroatoms. The number of para-hydroxylation sites is 1. The van der Waals surface area contributed by atoms with Crippen LogP contribution in [0.4, 0.5) is 0 Å². The number of hydrogen-bond donors (Lipinski definition) is 0. The minimum absolute atomic E-state index is 0.0435. The van der Waals surface area contributed by atoms with Crippen molar-refractivity contribution in [2.24, 2.45) is 0 Å². The van der Waals surface area contributed by atoms with Gasteiger partial charge in [-0.1, -0.05) is 18.2 Å². The standard InChI is InChI=1S/C21H20N2O4/c1-2-26-18-7-4-3-6-15(18)13-27-21(25)14-9-10-16-17(12-14)22-19-8-5-11-23(19)20(16)24/h3-4,6-7,9-10,12H,2,5,8,11,13H2,1H3. The molecule has 2 aromatic carbocycles. The summed E-state index contributed by atoms with van der Waals surface area (Å²) in [6, 6.07) is 12.4. The fraction of sp³-hybridized carbons (Fsp3) is 0.286. The molecule has 6 nitrogen and oxygen atoms in total. The van der Waals surface area contributed by atoms with E-state index in [2.05, 4.69) is 4.98 Å². The Morgan fingerprint density at radius 1 is 1.22 bits per heavy atom. The van der Waals surface area contributed by atoms with Gasteiger partial charge in [-0.25, -0.2) is 9.78 Å². The highest BCUT2D eigenvalue weighted by molar-refractivity contribution is 5.94. The van der Waals surface area contributed by atoms with Gasteiger partial charge in [-0.15, -0.1) is 0 Å². The Kier molecular flexibility index (Phi) is 4.62. The van der Waals surface area contributed by atoms with Gasteiger partial charge in [-0.2, -0.15) is 0 Å². The lowest BCUT2D eigenvalue weighted by atomic mass is 10.1. The van der Waals surface area contributed by atoms with Crippen molar-refractivity contribution >= 4 is 16.9 Å². The largest absolute Gasteiger partial charge is 0.493 e. The van der Waals surface area contributed by atoms with Gasteiger partial charge in [0.1, 0.15) is 18.2 Å². The van der Waals surface area contributed by atoms with Gasteiger partial charge in [0.2, 0.25) is 0 Å². The zero-order valence-electron chi connectivity index (χ0n) is 15.1. The maximum Gasteiger partial charge on any atom is 0.338 e. The van der Waals surface area contributed by atoms with Crippen LogP contribution in [0.1, 0.15) is 35.1 Å². The summed E-state index contributed by atoms with van der Waals surface area (Å²) in [6.07, 6.45) is 1.71. The van der Waals surface area contributed by atoms with Crippen LogP contribution in [0, 0.1) is 0 Å². The van der Waals surface area contributed by atoms with Gasteiger partial charge in [0.15, 0.2) is 0 Å². The maximum atomic E-state index is 12.5. The van der Waals surface area contributed by atoms with E-state index in [4.69, 9.17) is 9.47 Å². The number of nitrogens with zero attached hydrogens (tertiary/aromatic N) is 2. The number of aryl methyl sites for hydroxylation is 1. The summed E-state index contributed by atoms with van der Waals surface area (Å²) >= 11 is 0. The second kappa shape index (κ2) is 7.23. The molecular weight excluding hydrogens is 344 g/mol. The molecule has 0 unspecified atom stereocenters. The lowest BCUT2D eigenvalue weighted by Crippen LogP contribution is -2.21. The first kappa shape index (κ1) is 17.3. The van der Waals surface area contributed by atoms with Crippen molar-refractivity contribution in [1.29, 1.82) is 0 Å². The Labute approximate surface area is 156 Å². The highest BCUT2D eigenvalue weighted by Crippen LogP contribution is 2.20. The van der Waals surface area contributed by atoms with E-state index in [1.165, 1.54) is 0 Å². The van der Waals surface area contributed by atoms with Gasteiger partial charge >= 0.3 is 5.97 Å². The quantitative estimate of drug-likeness (QED) is 0.651. The second-order valence-corrected chi connectivity index (χ2v) is 6.44. The first-order chi connectivity index (χ1) is 13.2. The molecule has 0 amide bonds. The van der Waals surface area contributed by atoms with Crippen LogP contribution in [0.2, 0.25) is 0 Å². The normalized spacial score (nSPS) is 12.8. The molecule has 0 saturated heterocycles. The summed E-state index contributed by atoms with van der Waals surface area (Å²) in [4.78, 5) is 29.5. The predicted octanol–water partition coefficient (Wildman–Crippen LogP) is 3.10. The lowest BCUT2D eigenvalue weighted by molar-refractivity contribution is 0.0470. The molecule has 4 rings (SSSR count). The number of fused-ring (bicyclic) bond motifs is 2. The Bertz CT molecular complexity index is 1070. The summed E-state index contributed by atoms with van der Waals surface area (Å²) in [7, 11) is 0. The molecule has 3 aromatic rings. The van der Waals surface area contributed by atoms with Crippen LogP contribution in [-0.4, -0.2) is 22.1 Å². The molecule has 0 saturated carbocycles. The van der Waals surface area contributed by atoms with Gasteiger partial charge in [0, 0.05) is 18.5 Å². The van der Waals surface area contributed by atoms with E-state index in [9.17, 15) is 9.59 Å². The Morgan fingerprint density at radius 3 is 2.93 bits per heavy atom. The van der Waals surface area contributed by atoms with Crippen LogP contribution in [0.3, 0.4) is 0 Å². The van der Waals surface area contributed by atoms with Gasteiger partial charge < -0.3 is 9.47 Å². The van der Waals surface area contributed by atoms with Crippen LogP contribution in [-0.2, 0) is 24.3 Å². The van der Waals surface area contributed by atoms with Crippen molar-refractivity contribution in [2.45, 2.75) is 32.9 Å². The third-order valence-corrected chi connectivity index (χ3v) is 4.68. The Balaban J connectivity index is 1.57. The molecule has 0 N–H and O–H groups in total. The summed E-state index contributed by atoms with van der Waals surface area (Å²) in [5.74, 6) is 1.03. The van der Waals surface area contributed by atoms with Crippen molar-refractivity contribution in [3.63, 3.8) is 0 Å². The van der Waals surface area contributed by atoms with Crippen LogP contribution in [0.5, 0.6) is 5.75 Å². The molecular formula is C21H20N2O4. The topological polar surface area (TPSA) is 70.4 Å². The van der Waals surface area contributed by atoms with E-state index in [1.807, 2.05) is 31.2 Å². The van der Waals surface area contributed by atoms with E-state index in [0.29, 0.717) is 35.4 Å². The van der Waals surface area contributed by atoms with Crippen molar-refractivity contribution in [3.8, 4) is 5.75 Å². The van der Waals surface area contributed by atoms with Crippen LogP contribution in [0.25, 0.3) is 10.9 Å². The van der Waals surface area contributed by atoms with Gasteiger partial charge in [-0.05, 0) is 37.6 Å². The monoisotopic (exact) mass is 364 g/mol. The zero-order chi connectivity index (χ0) is 18.8. The number of benzene rings is 2. The fourth-order valence-electron chi connectivity index (χ4n) is 3.36. The number of hydrogen-bond acceptors (Lipinski definition) is 5. The maximum absolute atomic E-state index is 12.5. The molecule has 0 fully saturated rings. The smallest absolute Gasteiger partial charge is 0.338 e. The van der Waals surface area contributed by atoms with Crippen molar-refractivity contribution < 1.29 is 14.3 Å². The van der Waals surface area contributed by atoms with Gasteiger partial charge in [0.05, 0.1) is 23.1 Å². The van der Waals surface area contributed by atoms with Crippen molar-refractivity contribution in [1.82, 2.24) is 9.55 Å². The number of esters is 1. The predicted molar refractivity (Wildman–Crippen MR) is 101 cm³/mol. The van der Waals surface area contributed by atoms with Crippen molar-refractivity contribution in [2.75, 3.05) is 6.61 Å². The SMILES string of the molecule is CCOc1ccccc1COC(=O)c1ccc2c(=O)n3c(nc2c1)CCC3. The molecule has 2 heterocycles.